The molecule has 0 bridgehead atoms. The van der Waals surface area contributed by atoms with E-state index in [4.69, 9.17) is 5.73 Å². The van der Waals surface area contributed by atoms with Gasteiger partial charge in [0.15, 0.2) is 5.82 Å². The van der Waals surface area contributed by atoms with Gasteiger partial charge in [-0.3, -0.25) is 0 Å². The molecule has 0 radical (unpaired) electrons. The van der Waals surface area contributed by atoms with Crippen LogP contribution < -0.4 is 5.73 Å². The number of alkyl halides is 3. The zero-order valence-corrected chi connectivity index (χ0v) is 8.92. The molecule has 92 valence electrons. The number of unbranched alkanes of at least 4 members (excludes halogenated alkanes) is 1. The zero-order chi connectivity index (χ0) is 12.2. The van der Waals surface area contributed by atoms with Crippen LogP contribution in [0.25, 0.3) is 0 Å². The molecule has 0 amide bonds. The highest BCUT2D eigenvalue weighted by molar-refractivity contribution is 4.95. The van der Waals surface area contributed by atoms with Crippen LogP contribution in [0.3, 0.4) is 0 Å². The first-order valence-electron chi connectivity index (χ1n) is 5.06. The Labute approximate surface area is 91.0 Å². The van der Waals surface area contributed by atoms with E-state index >= 15 is 0 Å². The Morgan fingerprint density at radius 3 is 2.56 bits per heavy atom. The molecule has 1 unspecified atom stereocenters. The highest BCUT2D eigenvalue weighted by Crippen LogP contribution is 2.29. The SMILES string of the molecule is CC(CCCCN)c1noc(C(F)(F)F)n1. The second-order valence-corrected chi connectivity index (χ2v) is 3.64. The van der Waals surface area contributed by atoms with Gasteiger partial charge in [0.1, 0.15) is 0 Å². The van der Waals surface area contributed by atoms with Gasteiger partial charge in [0.25, 0.3) is 0 Å². The van der Waals surface area contributed by atoms with Crippen LogP contribution in [0.2, 0.25) is 0 Å². The third-order valence-corrected chi connectivity index (χ3v) is 2.22. The minimum atomic E-state index is -4.57. The lowest BCUT2D eigenvalue weighted by atomic mass is 10.0. The molecule has 0 saturated heterocycles. The summed E-state index contributed by atoms with van der Waals surface area (Å²) in [5.74, 6) is -1.33. The molecule has 2 N–H and O–H groups in total. The quantitative estimate of drug-likeness (QED) is 0.798. The first-order chi connectivity index (χ1) is 7.45. The largest absolute Gasteiger partial charge is 0.471 e. The monoisotopic (exact) mass is 237 g/mol. The molecule has 4 nitrogen and oxygen atoms in total. The van der Waals surface area contributed by atoms with Gasteiger partial charge < -0.3 is 10.3 Å². The van der Waals surface area contributed by atoms with E-state index in [1.54, 1.807) is 6.92 Å². The highest BCUT2D eigenvalue weighted by atomic mass is 19.4. The Kier molecular flexibility index (Phi) is 4.28. The first-order valence-corrected chi connectivity index (χ1v) is 5.06. The molecule has 0 aliphatic heterocycles. The maximum atomic E-state index is 12.2. The molecule has 0 spiro atoms. The maximum Gasteiger partial charge on any atom is 0.471 e. The van der Waals surface area contributed by atoms with Crippen molar-refractivity contribution in [3.8, 4) is 0 Å². The molecule has 0 aromatic carbocycles. The van der Waals surface area contributed by atoms with Crippen molar-refractivity contribution in [2.75, 3.05) is 6.54 Å². The molecule has 0 aliphatic carbocycles. The van der Waals surface area contributed by atoms with E-state index in [9.17, 15) is 13.2 Å². The minimum absolute atomic E-state index is 0.101. The number of halogens is 3. The van der Waals surface area contributed by atoms with Crippen molar-refractivity contribution in [2.24, 2.45) is 5.73 Å². The summed E-state index contributed by atoms with van der Waals surface area (Å²) in [5, 5.41) is 3.32. The van der Waals surface area contributed by atoms with Crippen LogP contribution in [-0.2, 0) is 6.18 Å². The third kappa shape index (κ3) is 3.48. The fourth-order valence-corrected chi connectivity index (χ4v) is 1.27. The average molecular weight is 237 g/mol. The van der Waals surface area contributed by atoms with Crippen LogP contribution in [-0.4, -0.2) is 16.7 Å². The summed E-state index contributed by atoms with van der Waals surface area (Å²) in [4.78, 5) is 3.33. The third-order valence-electron chi connectivity index (χ3n) is 2.22. The van der Waals surface area contributed by atoms with Gasteiger partial charge in [-0.2, -0.15) is 18.2 Å². The van der Waals surface area contributed by atoms with Crippen LogP contribution in [0.1, 0.15) is 43.8 Å². The van der Waals surface area contributed by atoms with E-state index in [-0.39, 0.29) is 11.7 Å². The van der Waals surface area contributed by atoms with Crippen LogP contribution in [0.15, 0.2) is 4.52 Å². The summed E-state index contributed by atoms with van der Waals surface area (Å²) in [6, 6.07) is 0. The van der Waals surface area contributed by atoms with E-state index in [0.717, 1.165) is 12.8 Å². The number of rotatable bonds is 5. The summed E-state index contributed by atoms with van der Waals surface area (Å²) < 4.78 is 40.6. The van der Waals surface area contributed by atoms with Gasteiger partial charge in [0.05, 0.1) is 0 Å². The molecular formula is C9H14F3N3O. The van der Waals surface area contributed by atoms with Gasteiger partial charge in [-0.05, 0) is 19.4 Å². The van der Waals surface area contributed by atoms with Crippen molar-refractivity contribution in [1.82, 2.24) is 10.1 Å². The summed E-state index contributed by atoms with van der Waals surface area (Å²) in [6.45, 7) is 2.34. The van der Waals surface area contributed by atoms with E-state index in [2.05, 4.69) is 14.7 Å². The standard InChI is InChI=1S/C9H14F3N3O/c1-6(4-2-3-5-13)7-14-8(16-15-7)9(10,11)12/h6H,2-5,13H2,1H3. The van der Waals surface area contributed by atoms with Crippen molar-refractivity contribution in [3.05, 3.63) is 11.7 Å². The Hall–Kier alpha value is -1.11. The smallest absolute Gasteiger partial charge is 0.330 e. The van der Waals surface area contributed by atoms with Gasteiger partial charge in [-0.1, -0.05) is 18.5 Å². The van der Waals surface area contributed by atoms with E-state index in [1.165, 1.54) is 0 Å². The predicted octanol–water partition coefficient (Wildman–Crippen LogP) is 2.32. The number of nitrogens with zero attached hydrogens (tertiary/aromatic N) is 2. The van der Waals surface area contributed by atoms with E-state index in [1.807, 2.05) is 0 Å². The average Bonchev–Trinajstić information content (AvgIpc) is 2.66. The summed E-state index contributed by atoms with van der Waals surface area (Å²) >= 11 is 0. The van der Waals surface area contributed by atoms with Crippen LogP contribution in [0.4, 0.5) is 13.2 Å². The van der Waals surface area contributed by atoms with Gasteiger partial charge in [-0.25, -0.2) is 0 Å². The fraction of sp³-hybridized carbons (Fsp3) is 0.778. The van der Waals surface area contributed by atoms with Crippen LogP contribution >= 0.6 is 0 Å². The van der Waals surface area contributed by atoms with Crippen molar-refractivity contribution >= 4 is 0 Å². The summed E-state index contributed by atoms with van der Waals surface area (Å²) in [5.41, 5.74) is 5.32. The Morgan fingerprint density at radius 1 is 1.38 bits per heavy atom. The Bertz CT molecular complexity index is 324. The number of aromatic nitrogens is 2. The lowest BCUT2D eigenvalue weighted by molar-refractivity contribution is -0.159. The number of hydrogen-bond acceptors (Lipinski definition) is 4. The van der Waals surface area contributed by atoms with Crippen molar-refractivity contribution in [1.29, 1.82) is 0 Å². The lowest BCUT2D eigenvalue weighted by Gasteiger charge is -2.04. The summed E-state index contributed by atoms with van der Waals surface area (Å²) in [6.07, 6.45) is -2.18. The Morgan fingerprint density at radius 2 is 2.06 bits per heavy atom. The van der Waals surface area contributed by atoms with E-state index < -0.39 is 12.1 Å². The number of nitrogens with two attached hydrogens (primary N) is 1. The van der Waals surface area contributed by atoms with Gasteiger partial charge in [0.2, 0.25) is 0 Å². The molecule has 1 heterocycles. The first kappa shape index (κ1) is 13.0. The second-order valence-electron chi connectivity index (χ2n) is 3.64. The molecule has 1 aromatic rings. The van der Waals surface area contributed by atoms with E-state index in [0.29, 0.717) is 13.0 Å². The maximum absolute atomic E-state index is 12.2. The van der Waals surface area contributed by atoms with Gasteiger partial charge >= 0.3 is 12.1 Å². The van der Waals surface area contributed by atoms with Crippen LogP contribution in [0.5, 0.6) is 0 Å². The molecule has 1 atom stereocenters. The second kappa shape index (κ2) is 5.29. The molecule has 0 aliphatic rings. The summed E-state index contributed by atoms with van der Waals surface area (Å²) in [7, 11) is 0. The fourth-order valence-electron chi connectivity index (χ4n) is 1.27. The molecule has 1 aromatic heterocycles. The normalized spacial score (nSPS) is 14.1. The van der Waals surface area contributed by atoms with Gasteiger partial charge in [-0.15, -0.1) is 0 Å². The highest BCUT2D eigenvalue weighted by Gasteiger charge is 2.38. The van der Waals surface area contributed by atoms with Gasteiger partial charge in [0, 0.05) is 5.92 Å². The molecule has 1 rings (SSSR count). The molecule has 0 fully saturated rings. The lowest BCUT2D eigenvalue weighted by Crippen LogP contribution is -2.06. The minimum Gasteiger partial charge on any atom is -0.330 e. The predicted molar refractivity (Wildman–Crippen MR) is 50.6 cm³/mol. The topological polar surface area (TPSA) is 64.9 Å². The van der Waals surface area contributed by atoms with Crippen molar-refractivity contribution in [2.45, 2.75) is 38.3 Å². The molecule has 7 heteroatoms. The molecule has 0 saturated carbocycles. The molecule has 16 heavy (non-hydrogen) atoms. The van der Waals surface area contributed by atoms with Crippen molar-refractivity contribution in [3.63, 3.8) is 0 Å². The van der Waals surface area contributed by atoms with Crippen molar-refractivity contribution < 1.29 is 17.7 Å². The van der Waals surface area contributed by atoms with Crippen LogP contribution in [0, 0.1) is 0 Å². The Balaban J connectivity index is 2.56. The number of hydrogen-bond donors (Lipinski definition) is 1. The zero-order valence-electron chi connectivity index (χ0n) is 8.92. The molecular weight excluding hydrogens is 223 g/mol.